The molecule has 3 nitrogen and oxygen atoms in total. The first-order valence-corrected chi connectivity index (χ1v) is 7.43. The Labute approximate surface area is 131 Å². The van der Waals surface area contributed by atoms with Crippen LogP contribution < -0.4 is 5.32 Å². The summed E-state index contributed by atoms with van der Waals surface area (Å²) < 4.78 is 29.2. The summed E-state index contributed by atoms with van der Waals surface area (Å²) in [4.78, 5) is 12.1. The van der Waals surface area contributed by atoms with Gasteiger partial charge >= 0.3 is 0 Å². The summed E-state index contributed by atoms with van der Waals surface area (Å²) in [5.74, 6) is -0.885. The first-order valence-electron chi connectivity index (χ1n) is 7.43. The largest absolute Gasteiger partial charge is 0.349 e. The molecule has 1 amide bonds. The number of aromatic nitrogens is 1. The van der Waals surface area contributed by atoms with Crippen LogP contribution in [0, 0.1) is 11.6 Å². The Bertz CT molecular complexity index is 928. The van der Waals surface area contributed by atoms with E-state index in [1.54, 1.807) is 18.2 Å². The minimum absolute atomic E-state index is 0.0601. The van der Waals surface area contributed by atoms with E-state index >= 15 is 0 Å². The second-order valence-corrected chi connectivity index (χ2v) is 5.86. The van der Waals surface area contributed by atoms with Crippen LogP contribution in [-0.2, 0) is 0 Å². The fraction of sp³-hybridized carbons (Fsp3) is 0.167. The number of rotatable bonds is 1. The number of hydrogen-bond donors (Lipinski definition) is 1. The first kappa shape index (κ1) is 13.9. The number of halogens is 2. The maximum atomic E-state index is 14.0. The minimum atomic E-state index is -0.382. The van der Waals surface area contributed by atoms with Gasteiger partial charge in [-0.1, -0.05) is 12.1 Å². The molecule has 1 aliphatic rings. The number of carbonyl (C=O) groups excluding carboxylic acids is 1. The number of nitrogens with zero attached hydrogens (tertiary/aromatic N) is 1. The number of hydrogen-bond acceptors (Lipinski definition) is 1. The lowest BCUT2D eigenvalue weighted by Gasteiger charge is -2.25. The molecule has 1 atom stereocenters. The van der Waals surface area contributed by atoms with Gasteiger partial charge in [-0.3, -0.25) is 4.79 Å². The summed E-state index contributed by atoms with van der Waals surface area (Å²) in [6.45, 7) is 2.52. The van der Waals surface area contributed by atoms with Crippen LogP contribution in [0.25, 0.3) is 22.0 Å². The molecule has 1 aliphatic heterocycles. The van der Waals surface area contributed by atoms with Crippen molar-refractivity contribution in [3.8, 4) is 11.1 Å². The van der Waals surface area contributed by atoms with Crippen LogP contribution in [-0.4, -0.2) is 17.0 Å². The third kappa shape index (κ3) is 2.11. The molecule has 0 fully saturated rings. The third-order valence-electron chi connectivity index (χ3n) is 4.28. The van der Waals surface area contributed by atoms with Gasteiger partial charge in [-0.05, 0) is 42.8 Å². The van der Waals surface area contributed by atoms with Crippen molar-refractivity contribution in [3.05, 3.63) is 59.8 Å². The zero-order chi connectivity index (χ0) is 16.1. The Morgan fingerprint density at radius 3 is 2.57 bits per heavy atom. The summed E-state index contributed by atoms with van der Waals surface area (Å²) in [7, 11) is 0. The molecule has 0 bridgehead atoms. The molecule has 1 unspecified atom stereocenters. The molecular formula is C18H14F2N2O. The maximum Gasteiger partial charge on any atom is 0.268 e. The molecule has 4 rings (SSSR count). The first-order chi connectivity index (χ1) is 11.0. The van der Waals surface area contributed by atoms with E-state index in [9.17, 15) is 13.6 Å². The van der Waals surface area contributed by atoms with E-state index < -0.39 is 0 Å². The molecule has 2 aromatic carbocycles. The monoisotopic (exact) mass is 312 g/mol. The number of nitrogens with one attached hydrogen (secondary N) is 1. The van der Waals surface area contributed by atoms with Gasteiger partial charge in [0.05, 0.1) is 5.52 Å². The second-order valence-electron chi connectivity index (χ2n) is 5.86. The molecule has 1 aromatic heterocycles. The lowest BCUT2D eigenvalue weighted by Crippen LogP contribution is -2.37. The highest BCUT2D eigenvalue weighted by molar-refractivity contribution is 6.03. The summed E-state index contributed by atoms with van der Waals surface area (Å²) >= 11 is 0. The molecule has 23 heavy (non-hydrogen) atoms. The van der Waals surface area contributed by atoms with E-state index in [-0.39, 0.29) is 23.6 Å². The van der Waals surface area contributed by atoms with Gasteiger partial charge in [0.15, 0.2) is 0 Å². The maximum absolute atomic E-state index is 14.0. The van der Waals surface area contributed by atoms with Gasteiger partial charge in [-0.2, -0.15) is 0 Å². The summed E-state index contributed by atoms with van der Waals surface area (Å²) in [5, 5.41) is 3.50. The van der Waals surface area contributed by atoms with Gasteiger partial charge in [0.2, 0.25) is 0 Å². The molecule has 1 N–H and O–H groups in total. The molecule has 0 radical (unpaired) electrons. The Kier molecular flexibility index (Phi) is 2.98. The smallest absolute Gasteiger partial charge is 0.268 e. The predicted molar refractivity (Wildman–Crippen MR) is 84.3 cm³/mol. The minimum Gasteiger partial charge on any atom is -0.349 e. The van der Waals surface area contributed by atoms with Crippen molar-refractivity contribution in [2.45, 2.75) is 13.0 Å². The number of fused-ring (bicyclic) bond motifs is 3. The Balaban J connectivity index is 2.08. The van der Waals surface area contributed by atoms with Gasteiger partial charge < -0.3 is 9.88 Å². The van der Waals surface area contributed by atoms with E-state index in [4.69, 9.17) is 0 Å². The molecular weight excluding hydrogens is 298 g/mol. The average Bonchev–Trinajstić information content (AvgIpc) is 2.91. The summed E-state index contributed by atoms with van der Waals surface area (Å²) in [6.07, 6.45) is 0. The van der Waals surface area contributed by atoms with Gasteiger partial charge in [-0.15, -0.1) is 0 Å². The van der Waals surface area contributed by atoms with Gasteiger partial charge in [0.1, 0.15) is 17.3 Å². The topological polar surface area (TPSA) is 34.0 Å². The molecule has 0 saturated heterocycles. The van der Waals surface area contributed by atoms with Crippen LogP contribution in [0.3, 0.4) is 0 Å². The molecule has 0 spiro atoms. The van der Waals surface area contributed by atoms with E-state index in [0.29, 0.717) is 23.2 Å². The van der Waals surface area contributed by atoms with Crippen molar-refractivity contribution in [2.75, 3.05) is 6.54 Å². The molecule has 3 aromatic rings. The quantitative estimate of drug-likeness (QED) is 0.727. The normalized spacial score (nSPS) is 17.2. The van der Waals surface area contributed by atoms with Crippen molar-refractivity contribution in [2.24, 2.45) is 0 Å². The van der Waals surface area contributed by atoms with Crippen LogP contribution in [0.2, 0.25) is 0 Å². The van der Waals surface area contributed by atoms with Gasteiger partial charge in [0.25, 0.3) is 5.91 Å². The fourth-order valence-electron chi connectivity index (χ4n) is 3.24. The highest BCUT2D eigenvalue weighted by atomic mass is 19.1. The molecule has 0 aliphatic carbocycles. The molecule has 0 saturated carbocycles. The molecule has 5 heteroatoms. The molecule has 2 heterocycles. The van der Waals surface area contributed by atoms with Gasteiger partial charge in [0, 0.05) is 23.5 Å². The van der Waals surface area contributed by atoms with Crippen molar-refractivity contribution < 1.29 is 13.6 Å². The van der Waals surface area contributed by atoms with E-state index in [1.807, 2.05) is 11.5 Å². The van der Waals surface area contributed by atoms with Crippen molar-refractivity contribution in [1.82, 2.24) is 9.88 Å². The zero-order valence-corrected chi connectivity index (χ0v) is 12.4. The SMILES string of the molecule is CC1CNC(=O)c2cc3cc(F)cc(-c4ccc(F)cc4)c3n21. The van der Waals surface area contributed by atoms with E-state index in [2.05, 4.69) is 5.32 Å². The lowest BCUT2D eigenvalue weighted by molar-refractivity contribution is 0.0919. The van der Waals surface area contributed by atoms with Crippen LogP contribution >= 0.6 is 0 Å². The average molecular weight is 312 g/mol. The van der Waals surface area contributed by atoms with E-state index in [1.165, 1.54) is 24.3 Å². The standard InChI is InChI=1S/C18H14F2N2O/c1-10-9-21-18(23)16-7-12-6-14(20)8-15(17(12)22(10)16)11-2-4-13(19)5-3-11/h2-8,10H,9H2,1H3,(H,21,23). The Hall–Kier alpha value is -2.69. The van der Waals surface area contributed by atoms with Crippen LogP contribution in [0.4, 0.5) is 8.78 Å². The fourth-order valence-corrected chi connectivity index (χ4v) is 3.24. The lowest BCUT2D eigenvalue weighted by atomic mass is 10.0. The van der Waals surface area contributed by atoms with Crippen LogP contribution in [0.15, 0.2) is 42.5 Å². The van der Waals surface area contributed by atoms with Crippen LogP contribution in [0.1, 0.15) is 23.5 Å². The predicted octanol–water partition coefficient (Wildman–Crippen LogP) is 3.89. The Morgan fingerprint density at radius 2 is 1.83 bits per heavy atom. The second kappa shape index (κ2) is 4.91. The van der Waals surface area contributed by atoms with Crippen LogP contribution in [0.5, 0.6) is 0 Å². The van der Waals surface area contributed by atoms with Gasteiger partial charge in [-0.25, -0.2) is 8.78 Å². The van der Waals surface area contributed by atoms with Crippen molar-refractivity contribution in [1.29, 1.82) is 0 Å². The number of benzene rings is 2. The highest BCUT2D eigenvalue weighted by Gasteiger charge is 2.26. The van der Waals surface area contributed by atoms with Crippen molar-refractivity contribution >= 4 is 16.8 Å². The van der Waals surface area contributed by atoms with Crippen molar-refractivity contribution in [3.63, 3.8) is 0 Å². The highest BCUT2D eigenvalue weighted by Crippen LogP contribution is 2.35. The summed E-state index contributed by atoms with van der Waals surface area (Å²) in [6, 6.07) is 10.6. The van der Waals surface area contributed by atoms with E-state index in [0.717, 1.165) is 11.1 Å². The molecule has 116 valence electrons. The number of carbonyl (C=O) groups is 1. The summed E-state index contributed by atoms with van der Waals surface area (Å²) in [5.41, 5.74) is 2.70. The zero-order valence-electron chi connectivity index (χ0n) is 12.4. The Morgan fingerprint density at radius 1 is 1.09 bits per heavy atom. The number of amides is 1. The third-order valence-corrected chi connectivity index (χ3v) is 4.28.